The maximum absolute atomic E-state index is 5.40. The van der Waals surface area contributed by atoms with Crippen molar-refractivity contribution in [3.8, 4) is 0 Å². The minimum atomic E-state index is 0.698. The smallest absolute Gasteiger partial charge is 0.110 e. The van der Waals surface area contributed by atoms with E-state index in [-0.39, 0.29) is 0 Å². The summed E-state index contributed by atoms with van der Waals surface area (Å²) in [5, 5.41) is 1.11. The maximum Gasteiger partial charge on any atom is 0.110 e. The SMILES string of the molecule is Cc1ccoc1C1CC1CBr. The first-order chi connectivity index (χ1) is 5.33. The summed E-state index contributed by atoms with van der Waals surface area (Å²) in [5.74, 6) is 2.72. The second-order valence-electron chi connectivity index (χ2n) is 3.22. The molecule has 0 spiro atoms. The van der Waals surface area contributed by atoms with Gasteiger partial charge in [-0.15, -0.1) is 0 Å². The van der Waals surface area contributed by atoms with Crippen LogP contribution in [0.4, 0.5) is 0 Å². The fourth-order valence-corrected chi connectivity index (χ4v) is 2.22. The normalized spacial score (nSPS) is 28.9. The molecule has 1 aliphatic rings. The van der Waals surface area contributed by atoms with Crippen LogP contribution in [0.5, 0.6) is 0 Å². The molecule has 2 atom stereocenters. The first-order valence-corrected chi connectivity index (χ1v) is 5.05. The van der Waals surface area contributed by atoms with Crippen LogP contribution in [0.1, 0.15) is 23.7 Å². The zero-order valence-corrected chi connectivity index (χ0v) is 8.10. The van der Waals surface area contributed by atoms with Crippen LogP contribution in [0, 0.1) is 12.8 Å². The number of aryl methyl sites for hydroxylation is 1. The van der Waals surface area contributed by atoms with E-state index in [1.165, 1.54) is 17.7 Å². The minimum absolute atomic E-state index is 0.698. The molecular weight excluding hydrogens is 204 g/mol. The molecule has 2 heteroatoms. The quantitative estimate of drug-likeness (QED) is 0.691. The molecule has 1 heterocycles. The molecule has 0 bridgehead atoms. The van der Waals surface area contributed by atoms with Gasteiger partial charge in [-0.05, 0) is 30.9 Å². The van der Waals surface area contributed by atoms with Gasteiger partial charge in [-0.2, -0.15) is 0 Å². The Kier molecular flexibility index (Phi) is 1.80. The molecule has 1 saturated carbocycles. The number of rotatable bonds is 2. The van der Waals surface area contributed by atoms with E-state index in [1.807, 2.05) is 6.07 Å². The molecule has 1 nitrogen and oxygen atoms in total. The summed E-state index contributed by atoms with van der Waals surface area (Å²) in [7, 11) is 0. The van der Waals surface area contributed by atoms with Crippen molar-refractivity contribution >= 4 is 15.9 Å². The van der Waals surface area contributed by atoms with Gasteiger partial charge in [0, 0.05) is 11.2 Å². The third-order valence-electron chi connectivity index (χ3n) is 2.36. The third kappa shape index (κ3) is 1.24. The van der Waals surface area contributed by atoms with E-state index in [2.05, 4.69) is 22.9 Å². The minimum Gasteiger partial charge on any atom is -0.469 e. The molecule has 0 amide bonds. The van der Waals surface area contributed by atoms with Crippen molar-refractivity contribution in [2.45, 2.75) is 19.3 Å². The Morgan fingerprint density at radius 1 is 1.73 bits per heavy atom. The van der Waals surface area contributed by atoms with Crippen LogP contribution < -0.4 is 0 Å². The lowest BCUT2D eigenvalue weighted by atomic mass is 10.2. The average molecular weight is 215 g/mol. The monoisotopic (exact) mass is 214 g/mol. The van der Waals surface area contributed by atoms with Crippen molar-refractivity contribution in [2.75, 3.05) is 5.33 Å². The molecule has 60 valence electrons. The van der Waals surface area contributed by atoms with Gasteiger partial charge < -0.3 is 4.42 Å². The van der Waals surface area contributed by atoms with E-state index in [1.54, 1.807) is 6.26 Å². The van der Waals surface area contributed by atoms with E-state index < -0.39 is 0 Å². The van der Waals surface area contributed by atoms with Crippen LogP contribution in [-0.4, -0.2) is 5.33 Å². The van der Waals surface area contributed by atoms with Gasteiger partial charge in [-0.25, -0.2) is 0 Å². The molecule has 1 aliphatic carbocycles. The summed E-state index contributed by atoms with van der Waals surface area (Å²) in [6.45, 7) is 2.11. The number of furan rings is 1. The standard InChI is InChI=1S/C9H11BrO/c1-6-2-3-11-9(6)8-4-7(8)5-10/h2-3,7-8H,4-5H2,1H3. The number of hydrogen-bond donors (Lipinski definition) is 0. The first-order valence-electron chi connectivity index (χ1n) is 3.93. The van der Waals surface area contributed by atoms with Crippen molar-refractivity contribution in [1.29, 1.82) is 0 Å². The molecule has 0 saturated heterocycles. The summed E-state index contributed by atoms with van der Waals surface area (Å²) < 4.78 is 5.40. The largest absolute Gasteiger partial charge is 0.469 e. The van der Waals surface area contributed by atoms with Crippen molar-refractivity contribution in [3.05, 3.63) is 23.7 Å². The Balaban J connectivity index is 2.14. The van der Waals surface area contributed by atoms with Gasteiger partial charge >= 0.3 is 0 Å². The third-order valence-corrected chi connectivity index (χ3v) is 3.19. The van der Waals surface area contributed by atoms with E-state index in [9.17, 15) is 0 Å². The lowest BCUT2D eigenvalue weighted by molar-refractivity contribution is 0.503. The highest BCUT2D eigenvalue weighted by molar-refractivity contribution is 9.09. The highest BCUT2D eigenvalue weighted by atomic mass is 79.9. The predicted octanol–water partition coefficient (Wildman–Crippen LogP) is 3.09. The highest BCUT2D eigenvalue weighted by Crippen LogP contribution is 2.49. The highest BCUT2D eigenvalue weighted by Gasteiger charge is 2.40. The lowest BCUT2D eigenvalue weighted by Gasteiger charge is -1.93. The molecular formula is C9H11BrO. The second-order valence-corrected chi connectivity index (χ2v) is 3.87. The number of hydrogen-bond acceptors (Lipinski definition) is 1. The molecule has 0 aromatic carbocycles. The molecule has 0 radical (unpaired) electrons. The molecule has 11 heavy (non-hydrogen) atoms. The average Bonchev–Trinajstić information content (AvgIpc) is 2.68. The topological polar surface area (TPSA) is 13.1 Å². The van der Waals surface area contributed by atoms with Crippen LogP contribution in [0.25, 0.3) is 0 Å². The lowest BCUT2D eigenvalue weighted by Crippen LogP contribution is -1.83. The Hall–Kier alpha value is -0.240. The zero-order valence-electron chi connectivity index (χ0n) is 6.51. The van der Waals surface area contributed by atoms with Gasteiger partial charge in [-0.1, -0.05) is 15.9 Å². The zero-order chi connectivity index (χ0) is 7.84. The van der Waals surface area contributed by atoms with Gasteiger partial charge in [-0.3, -0.25) is 0 Å². The van der Waals surface area contributed by atoms with E-state index in [0.717, 1.165) is 11.2 Å². The summed E-state index contributed by atoms with van der Waals surface area (Å²) in [5.41, 5.74) is 1.30. The van der Waals surface area contributed by atoms with Crippen LogP contribution in [0.2, 0.25) is 0 Å². The Bertz CT molecular complexity index is 254. The Morgan fingerprint density at radius 2 is 2.55 bits per heavy atom. The second kappa shape index (κ2) is 2.67. The van der Waals surface area contributed by atoms with Crippen LogP contribution in [-0.2, 0) is 0 Å². The van der Waals surface area contributed by atoms with Gasteiger partial charge in [0.25, 0.3) is 0 Å². The van der Waals surface area contributed by atoms with Crippen molar-refractivity contribution in [3.63, 3.8) is 0 Å². The fraction of sp³-hybridized carbons (Fsp3) is 0.556. The van der Waals surface area contributed by atoms with E-state index >= 15 is 0 Å². The van der Waals surface area contributed by atoms with Gasteiger partial charge in [0.15, 0.2) is 0 Å². The van der Waals surface area contributed by atoms with Gasteiger partial charge in [0.05, 0.1) is 6.26 Å². The van der Waals surface area contributed by atoms with Gasteiger partial charge in [0.1, 0.15) is 5.76 Å². The molecule has 2 rings (SSSR count). The summed E-state index contributed by atoms with van der Waals surface area (Å²) in [4.78, 5) is 0. The summed E-state index contributed by atoms with van der Waals surface area (Å²) in [6, 6.07) is 2.04. The van der Waals surface area contributed by atoms with Crippen LogP contribution in [0.3, 0.4) is 0 Å². The summed E-state index contributed by atoms with van der Waals surface area (Å²) >= 11 is 3.49. The first kappa shape index (κ1) is 7.41. The van der Waals surface area contributed by atoms with Crippen LogP contribution >= 0.6 is 15.9 Å². The molecule has 0 aliphatic heterocycles. The van der Waals surface area contributed by atoms with Crippen LogP contribution in [0.15, 0.2) is 16.7 Å². The van der Waals surface area contributed by atoms with Gasteiger partial charge in [0.2, 0.25) is 0 Å². The molecule has 1 aromatic rings. The maximum atomic E-state index is 5.40. The van der Waals surface area contributed by atoms with E-state index in [4.69, 9.17) is 4.42 Å². The Labute approximate surface area is 74.9 Å². The Morgan fingerprint density at radius 3 is 3.00 bits per heavy atom. The number of halogens is 1. The number of alkyl halides is 1. The molecule has 0 N–H and O–H groups in total. The molecule has 1 fully saturated rings. The predicted molar refractivity (Wildman–Crippen MR) is 48.1 cm³/mol. The van der Waals surface area contributed by atoms with Crippen molar-refractivity contribution < 1.29 is 4.42 Å². The van der Waals surface area contributed by atoms with Crippen molar-refractivity contribution in [1.82, 2.24) is 0 Å². The molecule has 2 unspecified atom stereocenters. The fourth-order valence-electron chi connectivity index (χ4n) is 1.50. The summed E-state index contributed by atoms with van der Waals surface area (Å²) in [6.07, 6.45) is 3.08. The van der Waals surface area contributed by atoms with Crippen molar-refractivity contribution in [2.24, 2.45) is 5.92 Å². The molecule has 1 aromatic heterocycles. The van der Waals surface area contributed by atoms with E-state index in [0.29, 0.717) is 5.92 Å².